The van der Waals surface area contributed by atoms with Gasteiger partial charge in [0.25, 0.3) is 5.89 Å². The van der Waals surface area contributed by atoms with Gasteiger partial charge in [0.15, 0.2) is 5.82 Å². The van der Waals surface area contributed by atoms with E-state index in [0.717, 1.165) is 16.9 Å². The molecule has 0 aliphatic heterocycles. The van der Waals surface area contributed by atoms with Gasteiger partial charge in [0.1, 0.15) is 17.2 Å². The third-order valence-corrected chi connectivity index (χ3v) is 3.13. The molecule has 0 saturated heterocycles. The first-order chi connectivity index (χ1) is 10.3. The zero-order valence-corrected chi connectivity index (χ0v) is 10.9. The van der Waals surface area contributed by atoms with Gasteiger partial charge in [0.2, 0.25) is 0 Å². The smallest absolute Gasteiger partial charge is 0.263 e. The topological polar surface area (TPSA) is 122 Å². The molecular formula is C13H11N7O. The number of nitrogens with one attached hydrogen (secondary N) is 2. The van der Waals surface area contributed by atoms with Gasteiger partial charge >= 0.3 is 0 Å². The molecule has 4 rings (SSSR count). The summed E-state index contributed by atoms with van der Waals surface area (Å²) in [7, 11) is 0. The maximum absolute atomic E-state index is 5.72. The fourth-order valence-electron chi connectivity index (χ4n) is 2.14. The molecule has 0 spiro atoms. The fraction of sp³-hybridized carbons (Fsp3) is 0.0769. The Balaban J connectivity index is 1.63. The Morgan fingerprint density at radius 3 is 2.90 bits per heavy atom. The molecule has 0 unspecified atom stereocenters. The number of nitrogen functional groups attached to an aromatic ring is 1. The number of fused-ring (bicyclic) bond motifs is 1. The van der Waals surface area contributed by atoms with Crippen LogP contribution in [0.1, 0.15) is 11.6 Å². The highest BCUT2D eigenvalue weighted by Crippen LogP contribution is 2.22. The van der Waals surface area contributed by atoms with Crippen molar-refractivity contribution in [2.75, 3.05) is 5.73 Å². The summed E-state index contributed by atoms with van der Waals surface area (Å²) in [6.45, 7) is 0. The van der Waals surface area contributed by atoms with E-state index in [0.29, 0.717) is 29.5 Å². The molecule has 8 nitrogen and oxygen atoms in total. The first-order valence-electron chi connectivity index (χ1n) is 6.35. The number of para-hydroxylation sites is 2. The van der Waals surface area contributed by atoms with Gasteiger partial charge in [-0.2, -0.15) is 10.1 Å². The number of rotatable bonds is 3. The van der Waals surface area contributed by atoms with Gasteiger partial charge in [-0.1, -0.05) is 17.3 Å². The molecule has 8 heteroatoms. The Morgan fingerprint density at radius 1 is 1.19 bits per heavy atom. The molecule has 0 amide bonds. The Labute approximate surface area is 118 Å². The summed E-state index contributed by atoms with van der Waals surface area (Å²) >= 11 is 0. The Kier molecular flexibility index (Phi) is 2.46. The first-order valence-corrected chi connectivity index (χ1v) is 6.35. The van der Waals surface area contributed by atoms with Crippen LogP contribution in [0.5, 0.6) is 0 Å². The van der Waals surface area contributed by atoms with Gasteiger partial charge in [-0.25, -0.2) is 4.98 Å². The van der Waals surface area contributed by atoms with E-state index >= 15 is 0 Å². The summed E-state index contributed by atoms with van der Waals surface area (Å²) < 4.78 is 5.19. The number of anilines is 1. The van der Waals surface area contributed by atoms with Crippen molar-refractivity contribution in [2.45, 2.75) is 6.42 Å². The van der Waals surface area contributed by atoms with Crippen LogP contribution in [0, 0.1) is 0 Å². The van der Waals surface area contributed by atoms with Crippen molar-refractivity contribution in [3.05, 3.63) is 42.1 Å². The average Bonchev–Trinajstić information content (AvgIpc) is 3.17. The largest absolute Gasteiger partial charge is 0.383 e. The summed E-state index contributed by atoms with van der Waals surface area (Å²) in [5, 5.41) is 10.4. The van der Waals surface area contributed by atoms with E-state index in [2.05, 4.69) is 30.3 Å². The lowest BCUT2D eigenvalue weighted by Crippen LogP contribution is -1.93. The summed E-state index contributed by atoms with van der Waals surface area (Å²) in [6, 6.07) is 7.82. The Morgan fingerprint density at radius 2 is 2.10 bits per heavy atom. The molecule has 0 bridgehead atoms. The zero-order chi connectivity index (χ0) is 14.2. The van der Waals surface area contributed by atoms with Gasteiger partial charge in [0, 0.05) is 0 Å². The number of benzene rings is 1. The van der Waals surface area contributed by atoms with Crippen molar-refractivity contribution in [3.63, 3.8) is 0 Å². The minimum atomic E-state index is 0.340. The highest BCUT2D eigenvalue weighted by molar-refractivity contribution is 5.74. The molecule has 3 heterocycles. The van der Waals surface area contributed by atoms with Crippen molar-refractivity contribution in [1.29, 1.82) is 0 Å². The van der Waals surface area contributed by atoms with Gasteiger partial charge < -0.3 is 15.2 Å². The summed E-state index contributed by atoms with van der Waals surface area (Å²) in [5.41, 5.74) is 8.21. The van der Waals surface area contributed by atoms with Gasteiger partial charge in [-0.3, -0.25) is 5.10 Å². The van der Waals surface area contributed by atoms with E-state index in [1.807, 2.05) is 24.3 Å². The quantitative estimate of drug-likeness (QED) is 0.523. The minimum Gasteiger partial charge on any atom is -0.383 e. The predicted molar refractivity (Wildman–Crippen MR) is 75.2 cm³/mol. The SMILES string of the molecule is Nc1[nH]ncc1-c1nc(Cc2nc3ccccc3[nH]2)no1. The molecule has 0 fully saturated rings. The van der Waals surface area contributed by atoms with Crippen LogP contribution in [-0.4, -0.2) is 30.3 Å². The predicted octanol–water partition coefficient (Wildman–Crippen LogP) is 1.51. The number of nitrogens with zero attached hydrogens (tertiary/aromatic N) is 4. The number of hydrogen-bond donors (Lipinski definition) is 3. The van der Waals surface area contributed by atoms with Crippen molar-refractivity contribution >= 4 is 16.9 Å². The van der Waals surface area contributed by atoms with E-state index in [1.54, 1.807) is 6.20 Å². The second-order valence-electron chi connectivity index (χ2n) is 4.59. The van der Waals surface area contributed by atoms with E-state index in [-0.39, 0.29) is 0 Å². The molecule has 104 valence electrons. The second kappa shape index (κ2) is 4.44. The molecule has 4 N–H and O–H groups in total. The Bertz CT molecular complexity index is 871. The monoisotopic (exact) mass is 281 g/mol. The van der Waals surface area contributed by atoms with Crippen LogP contribution < -0.4 is 5.73 Å². The lowest BCUT2D eigenvalue weighted by atomic mass is 10.3. The number of imidazole rings is 1. The van der Waals surface area contributed by atoms with Crippen molar-refractivity contribution in [2.24, 2.45) is 0 Å². The van der Waals surface area contributed by atoms with Gasteiger partial charge in [-0.05, 0) is 12.1 Å². The number of hydrogen-bond acceptors (Lipinski definition) is 6. The minimum absolute atomic E-state index is 0.340. The van der Waals surface area contributed by atoms with Crippen molar-refractivity contribution < 1.29 is 4.52 Å². The van der Waals surface area contributed by atoms with Crippen LogP contribution in [-0.2, 0) is 6.42 Å². The third kappa shape index (κ3) is 2.02. The fourth-order valence-corrected chi connectivity index (χ4v) is 2.14. The number of aromatic nitrogens is 6. The van der Waals surface area contributed by atoms with Gasteiger partial charge in [0.05, 0.1) is 23.7 Å². The van der Waals surface area contributed by atoms with Crippen molar-refractivity contribution in [3.8, 4) is 11.5 Å². The van der Waals surface area contributed by atoms with Crippen LogP contribution in [0.2, 0.25) is 0 Å². The Hall–Kier alpha value is -3.16. The second-order valence-corrected chi connectivity index (χ2v) is 4.59. The van der Waals surface area contributed by atoms with Gasteiger partial charge in [-0.15, -0.1) is 0 Å². The molecule has 0 saturated carbocycles. The van der Waals surface area contributed by atoms with E-state index < -0.39 is 0 Å². The zero-order valence-electron chi connectivity index (χ0n) is 10.9. The molecule has 3 aromatic heterocycles. The van der Waals surface area contributed by atoms with Crippen LogP contribution in [0.4, 0.5) is 5.82 Å². The molecule has 4 aromatic rings. The first kappa shape index (κ1) is 11.6. The third-order valence-electron chi connectivity index (χ3n) is 3.13. The molecule has 1 aromatic carbocycles. The molecule has 0 atom stereocenters. The highest BCUT2D eigenvalue weighted by atomic mass is 16.5. The normalized spacial score (nSPS) is 11.2. The van der Waals surface area contributed by atoms with Crippen LogP contribution >= 0.6 is 0 Å². The van der Waals surface area contributed by atoms with E-state index in [1.165, 1.54) is 0 Å². The van der Waals surface area contributed by atoms with Crippen LogP contribution in [0.15, 0.2) is 35.0 Å². The average molecular weight is 281 g/mol. The van der Waals surface area contributed by atoms with E-state index in [9.17, 15) is 0 Å². The number of nitrogens with two attached hydrogens (primary N) is 1. The lowest BCUT2D eigenvalue weighted by Gasteiger charge is -1.89. The number of aromatic amines is 2. The molecular weight excluding hydrogens is 270 g/mol. The standard InChI is InChI=1S/C13H11N7O/c14-12-7(6-15-19-12)13-18-11(20-21-13)5-10-16-8-3-1-2-4-9(8)17-10/h1-4,6H,5H2,(H,16,17)(H3,14,15,19). The maximum atomic E-state index is 5.72. The molecule has 0 aliphatic carbocycles. The number of H-pyrrole nitrogens is 2. The molecule has 0 radical (unpaired) electrons. The summed E-state index contributed by atoms with van der Waals surface area (Å²) in [6.07, 6.45) is 2.00. The van der Waals surface area contributed by atoms with E-state index in [4.69, 9.17) is 10.3 Å². The van der Waals surface area contributed by atoms with Crippen LogP contribution in [0.25, 0.3) is 22.5 Å². The lowest BCUT2D eigenvalue weighted by molar-refractivity contribution is 0.423. The van der Waals surface area contributed by atoms with Crippen molar-refractivity contribution in [1.82, 2.24) is 30.3 Å². The highest BCUT2D eigenvalue weighted by Gasteiger charge is 2.14. The summed E-state index contributed by atoms with van der Waals surface area (Å²) in [5.74, 6) is 2.05. The molecule has 21 heavy (non-hydrogen) atoms. The summed E-state index contributed by atoms with van der Waals surface area (Å²) in [4.78, 5) is 12.0. The molecule has 0 aliphatic rings. The van der Waals surface area contributed by atoms with Crippen LogP contribution in [0.3, 0.4) is 0 Å². The maximum Gasteiger partial charge on any atom is 0.263 e.